The largest absolute Gasteiger partial charge is 0.467 e. The van der Waals surface area contributed by atoms with Gasteiger partial charge in [-0.2, -0.15) is 23.1 Å². The van der Waals surface area contributed by atoms with E-state index in [-0.39, 0.29) is 18.1 Å². The lowest BCUT2D eigenvalue weighted by molar-refractivity contribution is 0.0512. The fourth-order valence-electron chi connectivity index (χ4n) is 8.97. The lowest BCUT2D eigenvalue weighted by Gasteiger charge is -2.41. The van der Waals surface area contributed by atoms with Crippen molar-refractivity contribution < 1.29 is 27.0 Å². The molecule has 0 amide bonds. The molecule has 8 rings (SSSR count). The average Bonchev–Trinajstić information content (AvgIpc) is 3.73. The number of hydrogen-bond donors (Lipinski definition) is 2. The Morgan fingerprint density at radius 1 is 1.06 bits per heavy atom. The molecule has 268 valence electrons. The first kappa shape index (κ1) is 33.6. The van der Waals surface area contributed by atoms with Gasteiger partial charge in [0.1, 0.15) is 24.0 Å². The summed E-state index contributed by atoms with van der Waals surface area (Å²) in [7, 11) is -1.96. The molecule has 5 aliphatic rings. The predicted octanol–water partition coefficient (Wildman–Crippen LogP) is 3.83. The molecular weight excluding hydrogens is 662 g/mol. The summed E-state index contributed by atoms with van der Waals surface area (Å²) in [6.07, 6.45) is 5.84. The second-order valence-electron chi connectivity index (χ2n) is 14.6. The summed E-state index contributed by atoms with van der Waals surface area (Å²) >= 11 is 0. The molecule has 2 aromatic carbocycles. The number of hydrogen-bond acceptors (Lipinski definition) is 10. The molecule has 4 fully saturated rings. The van der Waals surface area contributed by atoms with Gasteiger partial charge in [-0.1, -0.05) is 25.1 Å². The van der Waals surface area contributed by atoms with Gasteiger partial charge in [0.05, 0.1) is 23.3 Å². The van der Waals surface area contributed by atoms with Crippen LogP contribution in [0.15, 0.2) is 36.4 Å². The number of aryl methyl sites for hydroxylation is 1. The first-order valence-corrected chi connectivity index (χ1v) is 19.2. The van der Waals surface area contributed by atoms with Crippen LogP contribution in [0.1, 0.15) is 55.8 Å². The van der Waals surface area contributed by atoms with E-state index in [1.807, 2.05) is 19.1 Å². The quantitative estimate of drug-likeness (QED) is 0.251. The molecule has 3 aromatic rings. The first-order valence-electron chi connectivity index (χ1n) is 17.7. The summed E-state index contributed by atoms with van der Waals surface area (Å²) < 4.78 is 63.3. The predicted molar refractivity (Wildman–Crippen MR) is 190 cm³/mol. The first-order chi connectivity index (χ1) is 24.1. The van der Waals surface area contributed by atoms with Crippen LogP contribution in [0.25, 0.3) is 10.8 Å². The monoisotopic (exact) mass is 707 g/mol. The summed E-state index contributed by atoms with van der Waals surface area (Å²) in [5.74, 6) is 1.22. The van der Waals surface area contributed by atoms with Gasteiger partial charge < -0.3 is 24.0 Å². The zero-order chi connectivity index (χ0) is 34.7. The molecule has 1 aromatic heterocycles. The van der Waals surface area contributed by atoms with Gasteiger partial charge in [-0.15, -0.1) is 0 Å². The van der Waals surface area contributed by atoms with Gasteiger partial charge in [-0.05, 0) is 74.6 Å². The highest BCUT2D eigenvalue weighted by molar-refractivity contribution is 7.87. The standard InChI is InChI=1S/C36H46FN7O5S/c1-4-27-29(37)8-7-25-15-26(49-23-47-3)16-31(32(25)27)42-14-9-28-30(19-42)39-34(48-22-36-11-6-13-44(36)18-24(2)17-36)40-33(28)43-12-5-10-35(21-43)20-38-50(45,46)41-35/h7-8,15-16,38,41H,2,4-6,9-14,17-23H2,1,3H3. The second kappa shape index (κ2) is 12.9. The smallest absolute Gasteiger partial charge is 0.318 e. The zero-order valence-corrected chi connectivity index (χ0v) is 29.7. The summed E-state index contributed by atoms with van der Waals surface area (Å²) in [5, 5.41) is 1.77. The number of halogens is 1. The number of ether oxygens (including phenoxy) is 3. The van der Waals surface area contributed by atoms with Crippen LogP contribution >= 0.6 is 0 Å². The van der Waals surface area contributed by atoms with Crippen LogP contribution in [0.4, 0.5) is 15.9 Å². The Morgan fingerprint density at radius 3 is 2.72 bits per heavy atom. The molecule has 2 unspecified atom stereocenters. The number of fused-ring (bicyclic) bond motifs is 3. The number of benzene rings is 2. The number of aromatic nitrogens is 2. The minimum atomic E-state index is -3.54. The highest BCUT2D eigenvalue weighted by Crippen LogP contribution is 2.42. The highest BCUT2D eigenvalue weighted by Gasteiger charge is 2.47. The van der Waals surface area contributed by atoms with Gasteiger partial charge in [-0.3, -0.25) is 4.90 Å². The number of methoxy groups -OCH3 is 1. The van der Waals surface area contributed by atoms with Crippen molar-refractivity contribution in [2.45, 2.75) is 69.5 Å². The molecule has 0 radical (unpaired) electrons. The molecule has 14 heteroatoms. The van der Waals surface area contributed by atoms with Crippen molar-refractivity contribution in [3.05, 3.63) is 59.1 Å². The third kappa shape index (κ3) is 6.08. The molecule has 6 heterocycles. The van der Waals surface area contributed by atoms with E-state index in [9.17, 15) is 8.42 Å². The van der Waals surface area contributed by atoms with E-state index < -0.39 is 15.7 Å². The van der Waals surface area contributed by atoms with E-state index in [0.29, 0.717) is 63.0 Å². The Morgan fingerprint density at radius 2 is 1.92 bits per heavy atom. The Kier molecular flexibility index (Phi) is 8.66. The van der Waals surface area contributed by atoms with Gasteiger partial charge in [0.15, 0.2) is 6.79 Å². The lowest BCUT2D eigenvalue weighted by atomic mass is 9.89. The van der Waals surface area contributed by atoms with Gasteiger partial charge in [0.25, 0.3) is 10.2 Å². The van der Waals surface area contributed by atoms with Crippen molar-refractivity contribution in [2.24, 2.45) is 0 Å². The normalized spacial score (nSPS) is 26.2. The van der Waals surface area contributed by atoms with Crippen molar-refractivity contribution >= 4 is 32.5 Å². The lowest BCUT2D eigenvalue weighted by Crippen LogP contribution is -2.57. The molecule has 5 aliphatic heterocycles. The summed E-state index contributed by atoms with van der Waals surface area (Å²) in [5.41, 5.74) is 3.97. The van der Waals surface area contributed by atoms with Crippen LogP contribution < -0.4 is 28.7 Å². The minimum absolute atomic E-state index is 0.0896. The number of anilines is 2. The Hall–Kier alpha value is -3.56. The molecule has 2 atom stereocenters. The molecular formula is C36H46FN7O5S. The second-order valence-corrected chi connectivity index (χ2v) is 16.1. The van der Waals surface area contributed by atoms with E-state index in [2.05, 4.69) is 30.7 Å². The average molecular weight is 708 g/mol. The Bertz CT molecular complexity index is 1950. The molecule has 1 spiro atoms. The van der Waals surface area contributed by atoms with Crippen LogP contribution in [-0.4, -0.2) is 94.1 Å². The highest BCUT2D eigenvalue weighted by atomic mass is 32.2. The van der Waals surface area contributed by atoms with Gasteiger partial charge >= 0.3 is 6.01 Å². The summed E-state index contributed by atoms with van der Waals surface area (Å²) in [6.45, 7) is 11.5. The number of nitrogens with one attached hydrogen (secondary N) is 2. The van der Waals surface area contributed by atoms with Crippen LogP contribution in [0.5, 0.6) is 11.8 Å². The van der Waals surface area contributed by atoms with Crippen molar-refractivity contribution in [3.63, 3.8) is 0 Å². The van der Waals surface area contributed by atoms with E-state index in [1.165, 1.54) is 11.6 Å². The number of piperidine rings is 1. The zero-order valence-electron chi connectivity index (χ0n) is 28.9. The van der Waals surface area contributed by atoms with Crippen LogP contribution in [0.3, 0.4) is 0 Å². The van der Waals surface area contributed by atoms with Crippen LogP contribution in [0.2, 0.25) is 0 Å². The molecule has 0 aliphatic carbocycles. The molecule has 50 heavy (non-hydrogen) atoms. The van der Waals surface area contributed by atoms with E-state index >= 15 is 4.39 Å². The van der Waals surface area contributed by atoms with E-state index in [1.54, 1.807) is 13.2 Å². The SMILES string of the molecule is C=C1CN2CCCC2(COc2nc3c(c(N4CCCC5(CNS(=O)(=O)N5)C4)n2)CCN(c2cc(OCOC)cc4ccc(F)c(CC)c24)C3)C1. The Labute approximate surface area is 293 Å². The number of nitrogens with zero attached hydrogens (tertiary/aromatic N) is 5. The third-order valence-corrected chi connectivity index (χ3v) is 12.4. The van der Waals surface area contributed by atoms with E-state index in [4.69, 9.17) is 24.2 Å². The van der Waals surface area contributed by atoms with Crippen LogP contribution in [-0.2, 0) is 34.3 Å². The maximum atomic E-state index is 15.3. The number of rotatable bonds is 9. The fraction of sp³-hybridized carbons (Fsp3) is 0.556. The maximum absolute atomic E-state index is 15.3. The summed E-state index contributed by atoms with van der Waals surface area (Å²) in [4.78, 5) is 17.1. The maximum Gasteiger partial charge on any atom is 0.318 e. The van der Waals surface area contributed by atoms with Gasteiger partial charge in [-0.25, -0.2) is 9.11 Å². The van der Waals surface area contributed by atoms with Crippen LogP contribution in [0, 0.1) is 5.82 Å². The molecule has 2 N–H and O–H groups in total. The molecule has 4 saturated heterocycles. The fourth-order valence-corrected chi connectivity index (χ4v) is 10.3. The molecule has 0 saturated carbocycles. The molecule has 12 nitrogen and oxygen atoms in total. The molecule has 0 bridgehead atoms. The topological polar surface area (TPSA) is 121 Å². The van der Waals surface area contributed by atoms with Crippen molar-refractivity contribution in [3.8, 4) is 11.8 Å². The minimum Gasteiger partial charge on any atom is -0.467 e. The van der Waals surface area contributed by atoms with Crippen molar-refractivity contribution in [2.75, 3.05) is 69.6 Å². The Balaban J connectivity index is 1.18. The van der Waals surface area contributed by atoms with Gasteiger partial charge in [0.2, 0.25) is 0 Å². The summed E-state index contributed by atoms with van der Waals surface area (Å²) in [6, 6.07) is 7.56. The van der Waals surface area contributed by atoms with E-state index in [0.717, 1.165) is 85.3 Å². The van der Waals surface area contributed by atoms with Gasteiger partial charge in [0, 0.05) is 62.5 Å². The van der Waals surface area contributed by atoms with Crippen molar-refractivity contribution in [1.82, 2.24) is 24.3 Å². The third-order valence-electron chi connectivity index (χ3n) is 11.2. The van der Waals surface area contributed by atoms with Crippen molar-refractivity contribution in [1.29, 1.82) is 0 Å².